The van der Waals surface area contributed by atoms with E-state index in [0.29, 0.717) is 18.0 Å². The van der Waals surface area contributed by atoms with E-state index in [-0.39, 0.29) is 45.3 Å². The van der Waals surface area contributed by atoms with Crippen molar-refractivity contribution < 1.29 is 41.0 Å². The number of nitrogens with one attached hydrogen (secondary N) is 1. The SMILES string of the molecule is O=C(C(O)COC[C@@H]1c2ccccc2CN1c1cn[nH]c(=O)c1C(F)(F)F)N1CCN(c2ncc(C(F)(F)F)cn2)CC1. The first kappa shape index (κ1) is 30.2. The molecule has 0 spiro atoms. The molecule has 1 fully saturated rings. The summed E-state index contributed by atoms with van der Waals surface area (Å²) in [5.74, 6) is -0.565. The summed E-state index contributed by atoms with van der Waals surface area (Å²) in [5.41, 5.74) is -2.79. The van der Waals surface area contributed by atoms with Crippen LogP contribution in [0.25, 0.3) is 0 Å². The van der Waals surface area contributed by atoms with Crippen molar-refractivity contribution in [1.82, 2.24) is 25.1 Å². The largest absolute Gasteiger partial charge is 0.423 e. The molecule has 0 bridgehead atoms. The fourth-order valence-electron chi connectivity index (χ4n) is 5.11. The number of aliphatic hydroxyl groups excluding tert-OH is 1. The van der Waals surface area contributed by atoms with Gasteiger partial charge in [-0.25, -0.2) is 15.1 Å². The molecular weight excluding hydrogens is 588 g/mol. The summed E-state index contributed by atoms with van der Waals surface area (Å²) in [6.45, 7) is 0.0961. The average Bonchev–Trinajstić information content (AvgIpc) is 3.34. The van der Waals surface area contributed by atoms with Crippen LogP contribution in [0.3, 0.4) is 0 Å². The normalized spacial score (nSPS) is 18.1. The van der Waals surface area contributed by atoms with Crippen LogP contribution >= 0.6 is 0 Å². The average molecular weight is 614 g/mol. The second kappa shape index (κ2) is 11.8. The fourth-order valence-corrected chi connectivity index (χ4v) is 5.11. The molecule has 0 radical (unpaired) electrons. The summed E-state index contributed by atoms with van der Waals surface area (Å²) in [5, 5.41) is 15.9. The number of hydrogen-bond acceptors (Lipinski definition) is 9. The maximum Gasteiger partial charge on any atom is 0.423 e. The maximum absolute atomic E-state index is 13.8. The van der Waals surface area contributed by atoms with E-state index < -0.39 is 59.4 Å². The Balaban J connectivity index is 1.20. The molecule has 4 heterocycles. The highest BCUT2D eigenvalue weighted by Crippen LogP contribution is 2.42. The van der Waals surface area contributed by atoms with Gasteiger partial charge in [0.2, 0.25) is 5.95 Å². The zero-order valence-electron chi connectivity index (χ0n) is 22.3. The zero-order chi connectivity index (χ0) is 30.9. The van der Waals surface area contributed by atoms with Gasteiger partial charge >= 0.3 is 12.4 Å². The zero-order valence-corrected chi connectivity index (χ0v) is 22.3. The van der Waals surface area contributed by atoms with Gasteiger partial charge in [-0.15, -0.1) is 0 Å². The van der Waals surface area contributed by atoms with Crippen LogP contribution in [0.5, 0.6) is 0 Å². The van der Waals surface area contributed by atoms with E-state index in [2.05, 4.69) is 15.1 Å². The number of aromatic amines is 1. The van der Waals surface area contributed by atoms with E-state index in [1.807, 2.05) is 5.10 Å². The third-order valence-electron chi connectivity index (χ3n) is 7.24. The Labute approximate surface area is 239 Å². The number of H-pyrrole nitrogens is 1. The van der Waals surface area contributed by atoms with Gasteiger partial charge in [0.25, 0.3) is 11.5 Å². The highest BCUT2D eigenvalue weighted by atomic mass is 19.4. The number of ether oxygens (including phenoxy) is 1. The lowest BCUT2D eigenvalue weighted by Gasteiger charge is -2.35. The Kier molecular flexibility index (Phi) is 8.29. The molecule has 2 aliphatic heterocycles. The van der Waals surface area contributed by atoms with E-state index in [9.17, 15) is 41.0 Å². The monoisotopic (exact) mass is 613 g/mol. The lowest BCUT2D eigenvalue weighted by atomic mass is 10.1. The van der Waals surface area contributed by atoms with Crippen molar-refractivity contribution in [3.63, 3.8) is 0 Å². The van der Waals surface area contributed by atoms with Crippen LogP contribution in [-0.2, 0) is 28.4 Å². The van der Waals surface area contributed by atoms with Gasteiger partial charge in [-0.2, -0.15) is 31.4 Å². The quantitative estimate of drug-likeness (QED) is 0.386. The molecule has 1 amide bonds. The summed E-state index contributed by atoms with van der Waals surface area (Å²) in [6.07, 6.45) is -8.80. The van der Waals surface area contributed by atoms with Crippen LogP contribution in [0.15, 0.2) is 47.7 Å². The van der Waals surface area contributed by atoms with Gasteiger partial charge in [0.05, 0.1) is 36.7 Å². The first-order valence-electron chi connectivity index (χ1n) is 13.0. The predicted octanol–water partition coefficient (Wildman–Crippen LogP) is 2.39. The molecule has 0 saturated carbocycles. The van der Waals surface area contributed by atoms with Crippen molar-refractivity contribution in [3.8, 4) is 0 Å². The summed E-state index contributed by atoms with van der Waals surface area (Å²) in [6, 6.07) is 6.13. The first-order valence-corrected chi connectivity index (χ1v) is 13.0. The lowest BCUT2D eigenvalue weighted by molar-refractivity contribution is -0.144. The number of aliphatic hydroxyl groups is 1. The molecule has 5 rings (SSSR count). The molecule has 2 aliphatic rings. The number of alkyl halides is 6. The second-order valence-corrected chi connectivity index (χ2v) is 9.93. The number of benzene rings is 1. The molecule has 2 N–H and O–H groups in total. The summed E-state index contributed by atoms with van der Waals surface area (Å²) in [4.78, 5) is 36.8. The number of rotatable bonds is 7. The van der Waals surface area contributed by atoms with E-state index in [1.165, 1.54) is 9.80 Å². The minimum atomic E-state index is -4.95. The van der Waals surface area contributed by atoms with Gasteiger partial charge in [0.1, 0.15) is 5.56 Å². The number of amides is 1. The maximum atomic E-state index is 13.8. The number of anilines is 2. The molecule has 2 atom stereocenters. The second-order valence-electron chi connectivity index (χ2n) is 9.93. The van der Waals surface area contributed by atoms with Gasteiger partial charge in [0.15, 0.2) is 6.10 Å². The van der Waals surface area contributed by atoms with Crippen LogP contribution in [0.2, 0.25) is 0 Å². The standard InChI is InChI=1S/C26H25F6N7O4/c27-25(28,29)16-9-33-24(34-10-16)38-7-5-37(6-8-38)23(42)20(40)14-43-13-19-17-4-2-1-3-15(17)12-39(19)18-11-35-36-22(41)21(18)26(30,31)32/h1-4,9-11,19-20,40H,5-8,12-14H2,(H,36,41)/t19-,20?/m1/s1. The molecule has 1 aromatic carbocycles. The molecule has 11 nitrogen and oxygen atoms in total. The highest BCUT2D eigenvalue weighted by Gasteiger charge is 2.42. The molecule has 230 valence electrons. The minimum absolute atomic E-state index is 0.0484. The van der Waals surface area contributed by atoms with Crippen molar-refractivity contribution in [2.75, 3.05) is 49.2 Å². The number of piperazine rings is 1. The number of nitrogens with zero attached hydrogens (tertiary/aromatic N) is 6. The number of carbonyl (C=O) groups is 1. The molecule has 3 aromatic rings. The van der Waals surface area contributed by atoms with Gasteiger partial charge in [-0.05, 0) is 11.1 Å². The third-order valence-corrected chi connectivity index (χ3v) is 7.24. The third kappa shape index (κ3) is 6.41. The highest BCUT2D eigenvalue weighted by molar-refractivity contribution is 5.81. The van der Waals surface area contributed by atoms with Crippen molar-refractivity contribution >= 4 is 17.5 Å². The smallest absolute Gasteiger partial charge is 0.381 e. The fraction of sp³-hybridized carbons (Fsp3) is 0.423. The van der Waals surface area contributed by atoms with Crippen LogP contribution in [0.1, 0.15) is 28.3 Å². The molecule has 17 heteroatoms. The summed E-state index contributed by atoms with van der Waals surface area (Å²) in [7, 11) is 0. The summed E-state index contributed by atoms with van der Waals surface area (Å²) >= 11 is 0. The number of aromatic nitrogens is 4. The molecule has 1 unspecified atom stereocenters. The number of fused-ring (bicyclic) bond motifs is 1. The topological polar surface area (TPSA) is 128 Å². The molecule has 2 aromatic heterocycles. The van der Waals surface area contributed by atoms with Crippen LogP contribution in [-0.4, -0.2) is 81.6 Å². The molecular formula is C26H25F6N7O4. The Bertz CT molecular complexity index is 1510. The number of hydrogen-bond donors (Lipinski definition) is 2. The van der Waals surface area contributed by atoms with E-state index in [0.717, 1.165) is 11.8 Å². The van der Waals surface area contributed by atoms with Crippen LogP contribution in [0.4, 0.5) is 38.0 Å². The van der Waals surface area contributed by atoms with E-state index >= 15 is 0 Å². The number of halogens is 6. The van der Waals surface area contributed by atoms with E-state index in [1.54, 1.807) is 29.2 Å². The van der Waals surface area contributed by atoms with Gasteiger partial charge in [0, 0.05) is 45.1 Å². The molecule has 1 saturated heterocycles. The Morgan fingerprint density at radius 2 is 1.70 bits per heavy atom. The minimum Gasteiger partial charge on any atom is -0.381 e. The van der Waals surface area contributed by atoms with Gasteiger partial charge in [-0.3, -0.25) is 9.59 Å². The Morgan fingerprint density at radius 3 is 2.35 bits per heavy atom. The van der Waals surface area contributed by atoms with Crippen LogP contribution < -0.4 is 15.4 Å². The van der Waals surface area contributed by atoms with Crippen LogP contribution in [0, 0.1) is 0 Å². The van der Waals surface area contributed by atoms with Crippen molar-refractivity contribution in [2.45, 2.75) is 31.0 Å². The Morgan fingerprint density at radius 1 is 1.02 bits per heavy atom. The predicted molar refractivity (Wildman–Crippen MR) is 138 cm³/mol. The first-order chi connectivity index (χ1) is 20.3. The summed E-state index contributed by atoms with van der Waals surface area (Å²) < 4.78 is 85.3. The van der Waals surface area contributed by atoms with Crippen molar-refractivity contribution in [3.05, 3.63) is 75.5 Å². The van der Waals surface area contributed by atoms with Gasteiger partial charge in [-0.1, -0.05) is 24.3 Å². The van der Waals surface area contributed by atoms with E-state index in [4.69, 9.17) is 4.74 Å². The molecule has 0 aliphatic carbocycles. The Hall–Kier alpha value is -4.25. The lowest BCUT2D eigenvalue weighted by Crippen LogP contribution is -2.52. The van der Waals surface area contributed by atoms with Crippen molar-refractivity contribution in [1.29, 1.82) is 0 Å². The molecule has 43 heavy (non-hydrogen) atoms. The number of carbonyl (C=O) groups excluding carboxylic acids is 1. The van der Waals surface area contributed by atoms with Crippen molar-refractivity contribution in [2.24, 2.45) is 0 Å². The van der Waals surface area contributed by atoms with Gasteiger partial charge < -0.3 is 24.5 Å².